The molecule has 140 valence electrons. The molecule has 0 heterocycles. The van der Waals surface area contributed by atoms with Gasteiger partial charge in [-0.25, -0.2) is 4.79 Å². The van der Waals surface area contributed by atoms with Crippen molar-refractivity contribution in [3.63, 3.8) is 0 Å². The van der Waals surface area contributed by atoms with Gasteiger partial charge in [0, 0.05) is 17.8 Å². The molecule has 0 aliphatic heterocycles. The van der Waals surface area contributed by atoms with Crippen molar-refractivity contribution in [2.45, 2.75) is 39.1 Å². The van der Waals surface area contributed by atoms with Crippen molar-refractivity contribution in [2.75, 3.05) is 5.73 Å². The van der Waals surface area contributed by atoms with Crippen LogP contribution in [0.2, 0.25) is 0 Å². The van der Waals surface area contributed by atoms with Gasteiger partial charge in [0.05, 0.1) is 5.56 Å². The van der Waals surface area contributed by atoms with Gasteiger partial charge in [-0.05, 0) is 44.0 Å². The Morgan fingerprint density at radius 3 is 2.31 bits per heavy atom. The third-order valence-electron chi connectivity index (χ3n) is 3.47. The second-order valence-corrected chi connectivity index (χ2v) is 6.82. The van der Waals surface area contributed by atoms with Crippen LogP contribution in [0.4, 0.5) is 23.7 Å². The fourth-order valence-corrected chi connectivity index (χ4v) is 2.42. The summed E-state index contributed by atoms with van der Waals surface area (Å²) in [6.45, 7) is 5.40. The van der Waals surface area contributed by atoms with E-state index in [4.69, 9.17) is 10.5 Å². The maximum absolute atomic E-state index is 13.2. The molecule has 2 aromatic rings. The third-order valence-corrected chi connectivity index (χ3v) is 3.47. The van der Waals surface area contributed by atoms with E-state index in [9.17, 15) is 18.0 Å². The van der Waals surface area contributed by atoms with E-state index >= 15 is 0 Å². The number of nitrogens with two attached hydrogens (primary N) is 1. The summed E-state index contributed by atoms with van der Waals surface area (Å²) >= 11 is 0. The highest BCUT2D eigenvalue weighted by Crippen LogP contribution is 2.38. The first-order valence-electron chi connectivity index (χ1n) is 7.99. The summed E-state index contributed by atoms with van der Waals surface area (Å²) in [6, 6.07) is 9.95. The molecular formula is C19H21F3N2O2. The maximum atomic E-state index is 13.2. The average Bonchev–Trinajstić information content (AvgIpc) is 2.50. The molecule has 0 aliphatic rings. The average molecular weight is 366 g/mol. The van der Waals surface area contributed by atoms with E-state index in [1.807, 2.05) is 0 Å². The monoisotopic (exact) mass is 366 g/mol. The number of rotatable bonds is 3. The Labute approximate surface area is 150 Å². The molecule has 2 rings (SSSR count). The number of nitrogen functional groups attached to an aromatic ring is 1. The normalized spacial score (nSPS) is 11.9. The lowest BCUT2D eigenvalue weighted by atomic mass is 9.96. The molecule has 26 heavy (non-hydrogen) atoms. The highest BCUT2D eigenvalue weighted by atomic mass is 19.4. The van der Waals surface area contributed by atoms with Gasteiger partial charge < -0.3 is 15.8 Å². The number of alkyl carbamates (subject to hydrolysis) is 1. The molecule has 0 unspecified atom stereocenters. The van der Waals surface area contributed by atoms with Crippen LogP contribution in [0.5, 0.6) is 0 Å². The van der Waals surface area contributed by atoms with Gasteiger partial charge in [-0.3, -0.25) is 0 Å². The summed E-state index contributed by atoms with van der Waals surface area (Å²) in [6.07, 6.45) is -5.05. The molecule has 4 nitrogen and oxygen atoms in total. The van der Waals surface area contributed by atoms with Crippen molar-refractivity contribution in [3.05, 3.63) is 53.6 Å². The van der Waals surface area contributed by atoms with Gasteiger partial charge in [0.15, 0.2) is 0 Å². The lowest BCUT2D eigenvalue weighted by Crippen LogP contribution is -2.32. The number of nitrogens with one attached hydrogen (secondary N) is 1. The first-order valence-corrected chi connectivity index (χ1v) is 7.99. The van der Waals surface area contributed by atoms with Crippen LogP contribution in [0.1, 0.15) is 31.9 Å². The minimum atomic E-state index is -4.47. The molecular weight excluding hydrogens is 345 g/mol. The van der Waals surface area contributed by atoms with E-state index < -0.39 is 23.4 Å². The van der Waals surface area contributed by atoms with Gasteiger partial charge in [0.2, 0.25) is 0 Å². The Kier molecular flexibility index (Phi) is 5.49. The highest BCUT2D eigenvalue weighted by Gasteiger charge is 2.33. The van der Waals surface area contributed by atoms with Gasteiger partial charge in [-0.15, -0.1) is 0 Å². The summed E-state index contributed by atoms with van der Waals surface area (Å²) < 4.78 is 44.7. The van der Waals surface area contributed by atoms with Crippen LogP contribution in [0.3, 0.4) is 0 Å². The molecule has 7 heteroatoms. The first-order chi connectivity index (χ1) is 12.0. The van der Waals surface area contributed by atoms with Crippen molar-refractivity contribution in [3.8, 4) is 11.1 Å². The topological polar surface area (TPSA) is 64.3 Å². The van der Waals surface area contributed by atoms with E-state index in [-0.39, 0.29) is 17.8 Å². The molecule has 3 N–H and O–H groups in total. The lowest BCUT2D eigenvalue weighted by molar-refractivity contribution is -0.137. The lowest BCUT2D eigenvalue weighted by Gasteiger charge is -2.20. The van der Waals surface area contributed by atoms with Crippen LogP contribution in [-0.2, 0) is 17.5 Å². The van der Waals surface area contributed by atoms with E-state index in [0.29, 0.717) is 11.1 Å². The van der Waals surface area contributed by atoms with Crippen molar-refractivity contribution >= 4 is 11.8 Å². The Hall–Kier alpha value is -2.70. The quantitative estimate of drug-likeness (QED) is 0.753. The van der Waals surface area contributed by atoms with E-state index in [0.717, 1.165) is 6.07 Å². The number of anilines is 1. The van der Waals surface area contributed by atoms with Crippen LogP contribution >= 0.6 is 0 Å². The molecule has 2 aromatic carbocycles. The summed E-state index contributed by atoms with van der Waals surface area (Å²) in [7, 11) is 0. The molecule has 0 saturated carbocycles. The number of halogens is 3. The Morgan fingerprint density at radius 1 is 1.08 bits per heavy atom. The second kappa shape index (κ2) is 7.27. The molecule has 1 amide bonds. The molecule has 0 aliphatic carbocycles. The second-order valence-electron chi connectivity index (χ2n) is 6.82. The summed E-state index contributed by atoms with van der Waals surface area (Å²) in [5, 5.41) is 2.58. The number of ether oxygens (including phenoxy) is 1. The number of amides is 1. The number of benzene rings is 2. The fourth-order valence-electron chi connectivity index (χ4n) is 2.42. The van der Waals surface area contributed by atoms with Gasteiger partial charge in [-0.1, -0.05) is 30.3 Å². The Bertz CT molecular complexity index is 796. The Morgan fingerprint density at radius 2 is 1.73 bits per heavy atom. The van der Waals surface area contributed by atoms with E-state index in [2.05, 4.69) is 5.32 Å². The molecule has 0 atom stereocenters. The molecule has 0 aromatic heterocycles. The van der Waals surface area contributed by atoms with E-state index in [1.165, 1.54) is 24.3 Å². The third kappa shape index (κ3) is 5.15. The zero-order valence-corrected chi connectivity index (χ0v) is 14.8. The van der Waals surface area contributed by atoms with E-state index in [1.54, 1.807) is 32.9 Å². The highest BCUT2D eigenvalue weighted by molar-refractivity contribution is 5.79. The van der Waals surface area contributed by atoms with Gasteiger partial charge >= 0.3 is 12.3 Å². The molecule has 0 radical (unpaired) electrons. The zero-order chi connectivity index (χ0) is 19.5. The number of hydrogen-bond acceptors (Lipinski definition) is 3. The van der Waals surface area contributed by atoms with Crippen molar-refractivity contribution in [2.24, 2.45) is 0 Å². The predicted molar refractivity (Wildman–Crippen MR) is 94.4 cm³/mol. The molecule has 0 bridgehead atoms. The van der Waals surface area contributed by atoms with Crippen molar-refractivity contribution < 1.29 is 22.7 Å². The summed E-state index contributed by atoms with van der Waals surface area (Å²) in [4.78, 5) is 11.7. The predicted octanol–water partition coefficient (Wildman–Crippen LogP) is 4.98. The van der Waals surface area contributed by atoms with Crippen LogP contribution in [0, 0.1) is 0 Å². The minimum Gasteiger partial charge on any atom is -0.444 e. The SMILES string of the molecule is CC(C)(C)OC(=O)NCc1ccc(-c2ccccc2C(F)(F)F)c(N)c1. The molecule has 0 saturated heterocycles. The van der Waals surface area contributed by atoms with Crippen LogP contribution in [-0.4, -0.2) is 11.7 Å². The first kappa shape index (κ1) is 19.6. The number of carbonyl (C=O) groups excluding carboxylic acids is 1. The van der Waals surface area contributed by atoms with Crippen molar-refractivity contribution in [1.82, 2.24) is 5.32 Å². The maximum Gasteiger partial charge on any atom is 0.417 e. The molecule has 0 fully saturated rings. The van der Waals surface area contributed by atoms with Crippen LogP contribution < -0.4 is 11.1 Å². The van der Waals surface area contributed by atoms with Crippen LogP contribution in [0.15, 0.2) is 42.5 Å². The summed E-state index contributed by atoms with van der Waals surface area (Å²) in [5.41, 5.74) is 5.76. The van der Waals surface area contributed by atoms with Gasteiger partial charge in [0.1, 0.15) is 5.60 Å². The van der Waals surface area contributed by atoms with Gasteiger partial charge in [-0.2, -0.15) is 13.2 Å². The number of alkyl halides is 3. The zero-order valence-electron chi connectivity index (χ0n) is 14.8. The van der Waals surface area contributed by atoms with Crippen molar-refractivity contribution in [1.29, 1.82) is 0 Å². The largest absolute Gasteiger partial charge is 0.444 e. The number of hydrogen-bond donors (Lipinski definition) is 2. The summed E-state index contributed by atoms with van der Waals surface area (Å²) in [5.74, 6) is 0. The van der Waals surface area contributed by atoms with Gasteiger partial charge in [0.25, 0.3) is 0 Å². The minimum absolute atomic E-state index is 0.0177. The smallest absolute Gasteiger partial charge is 0.417 e. The van der Waals surface area contributed by atoms with Crippen LogP contribution in [0.25, 0.3) is 11.1 Å². The Balaban J connectivity index is 2.20. The molecule has 0 spiro atoms. The fraction of sp³-hybridized carbons (Fsp3) is 0.316. The standard InChI is InChI=1S/C19H21F3N2O2/c1-18(2,3)26-17(25)24-11-12-8-9-14(16(23)10-12)13-6-4-5-7-15(13)19(20,21)22/h4-10H,11,23H2,1-3H3,(H,24,25). The number of carbonyl (C=O) groups is 1.